The number of imide groups is 1. The predicted octanol–water partition coefficient (Wildman–Crippen LogP) is 0.562. The summed E-state index contributed by atoms with van der Waals surface area (Å²) in [7, 11) is 1.50. The summed E-state index contributed by atoms with van der Waals surface area (Å²) in [5.74, 6) is 0.400. The molecule has 0 saturated carbocycles. The van der Waals surface area contributed by atoms with Gasteiger partial charge < -0.3 is 5.32 Å². The smallest absolute Gasteiger partial charge is 0.321 e. The summed E-state index contributed by atoms with van der Waals surface area (Å²) in [5.41, 5.74) is 0. The molecule has 1 fully saturated rings. The highest BCUT2D eigenvalue weighted by Gasteiger charge is 2.26. The second-order valence-electron chi connectivity index (χ2n) is 4.49. The molecule has 0 aliphatic carbocycles. The monoisotopic (exact) mass is 227 g/mol. The van der Waals surface area contributed by atoms with Gasteiger partial charge in [-0.3, -0.25) is 15.0 Å². The van der Waals surface area contributed by atoms with Crippen LogP contribution in [0.2, 0.25) is 0 Å². The molecule has 0 aromatic carbocycles. The van der Waals surface area contributed by atoms with Crippen molar-refractivity contribution in [1.82, 2.24) is 15.5 Å². The number of nitrogens with one attached hydrogen (secondary N) is 2. The molecule has 0 spiro atoms. The summed E-state index contributed by atoms with van der Waals surface area (Å²) in [5, 5.41) is 4.68. The molecule has 0 bridgehead atoms. The number of hydrogen-bond donors (Lipinski definition) is 2. The lowest BCUT2D eigenvalue weighted by Gasteiger charge is -2.34. The van der Waals surface area contributed by atoms with E-state index in [2.05, 4.69) is 22.5 Å². The van der Waals surface area contributed by atoms with E-state index in [1.165, 1.54) is 13.5 Å². The Balaban J connectivity index is 2.46. The molecule has 16 heavy (non-hydrogen) atoms. The van der Waals surface area contributed by atoms with E-state index in [1.807, 2.05) is 6.92 Å². The first-order valence-electron chi connectivity index (χ1n) is 5.81. The van der Waals surface area contributed by atoms with Crippen molar-refractivity contribution in [3.05, 3.63) is 0 Å². The summed E-state index contributed by atoms with van der Waals surface area (Å²) in [6.07, 6.45) is 2.35. The number of likely N-dealkylation sites (tertiary alicyclic amines) is 1. The van der Waals surface area contributed by atoms with Crippen LogP contribution in [-0.4, -0.2) is 43.0 Å². The van der Waals surface area contributed by atoms with Crippen LogP contribution in [0.5, 0.6) is 0 Å². The third-order valence-corrected chi connectivity index (χ3v) is 3.08. The summed E-state index contributed by atoms with van der Waals surface area (Å²) in [6, 6.07) is -0.679. The largest absolute Gasteiger partial charge is 0.341 e. The van der Waals surface area contributed by atoms with Crippen LogP contribution < -0.4 is 10.6 Å². The van der Waals surface area contributed by atoms with Gasteiger partial charge in [-0.15, -0.1) is 0 Å². The van der Waals surface area contributed by atoms with E-state index in [0.717, 1.165) is 19.5 Å². The third kappa shape index (κ3) is 3.48. The minimum Gasteiger partial charge on any atom is -0.341 e. The van der Waals surface area contributed by atoms with Gasteiger partial charge in [0.05, 0.1) is 6.04 Å². The van der Waals surface area contributed by atoms with Crippen molar-refractivity contribution in [2.24, 2.45) is 5.92 Å². The van der Waals surface area contributed by atoms with Crippen LogP contribution in [0, 0.1) is 5.92 Å². The predicted molar refractivity (Wildman–Crippen MR) is 62.0 cm³/mol. The number of rotatable bonds is 2. The van der Waals surface area contributed by atoms with Gasteiger partial charge in [0.1, 0.15) is 0 Å². The summed E-state index contributed by atoms with van der Waals surface area (Å²) < 4.78 is 0. The Kier molecular flexibility index (Phi) is 4.73. The lowest BCUT2D eigenvalue weighted by molar-refractivity contribution is -0.125. The Labute approximate surface area is 96.6 Å². The molecule has 1 rings (SSSR count). The van der Waals surface area contributed by atoms with Gasteiger partial charge in [-0.05, 0) is 32.2 Å². The molecular weight excluding hydrogens is 206 g/mol. The fraction of sp³-hybridized carbons (Fsp3) is 0.818. The third-order valence-electron chi connectivity index (χ3n) is 3.08. The van der Waals surface area contributed by atoms with E-state index in [-0.39, 0.29) is 11.9 Å². The number of amides is 3. The van der Waals surface area contributed by atoms with Gasteiger partial charge in [-0.1, -0.05) is 6.92 Å². The SMILES string of the molecule is CNC(=O)NC(=O)[C@H](C)N1CCC[C@@H](C)C1. The molecule has 1 saturated heterocycles. The van der Waals surface area contributed by atoms with Crippen LogP contribution >= 0.6 is 0 Å². The molecule has 0 aromatic rings. The highest BCUT2D eigenvalue weighted by atomic mass is 16.2. The van der Waals surface area contributed by atoms with E-state index >= 15 is 0 Å². The van der Waals surface area contributed by atoms with Crippen LogP contribution in [0.4, 0.5) is 4.79 Å². The van der Waals surface area contributed by atoms with Crippen LogP contribution in [0.1, 0.15) is 26.7 Å². The van der Waals surface area contributed by atoms with E-state index in [9.17, 15) is 9.59 Å². The molecule has 3 amide bonds. The molecule has 2 atom stereocenters. The van der Waals surface area contributed by atoms with Crippen molar-refractivity contribution in [2.45, 2.75) is 32.7 Å². The van der Waals surface area contributed by atoms with Crippen molar-refractivity contribution in [3.8, 4) is 0 Å². The van der Waals surface area contributed by atoms with Gasteiger partial charge in [-0.2, -0.15) is 0 Å². The quantitative estimate of drug-likeness (QED) is 0.724. The maximum absolute atomic E-state index is 11.7. The minimum atomic E-state index is -0.443. The van der Waals surface area contributed by atoms with E-state index in [0.29, 0.717) is 5.92 Å². The van der Waals surface area contributed by atoms with Crippen LogP contribution in [0.3, 0.4) is 0 Å². The normalized spacial score (nSPS) is 23.6. The average molecular weight is 227 g/mol. The summed E-state index contributed by atoms with van der Waals surface area (Å²) in [6.45, 7) is 5.90. The first kappa shape index (κ1) is 13.0. The molecule has 5 nitrogen and oxygen atoms in total. The van der Waals surface area contributed by atoms with Crippen LogP contribution in [0.25, 0.3) is 0 Å². The van der Waals surface area contributed by atoms with Crippen molar-refractivity contribution in [1.29, 1.82) is 0 Å². The number of carbonyl (C=O) groups is 2. The van der Waals surface area contributed by atoms with Crippen molar-refractivity contribution >= 4 is 11.9 Å². The van der Waals surface area contributed by atoms with Gasteiger partial charge >= 0.3 is 6.03 Å². The second-order valence-corrected chi connectivity index (χ2v) is 4.49. The number of nitrogens with zero attached hydrogens (tertiary/aromatic N) is 1. The van der Waals surface area contributed by atoms with Gasteiger partial charge in [0.25, 0.3) is 0 Å². The Morgan fingerprint density at radius 2 is 2.12 bits per heavy atom. The molecule has 0 radical (unpaired) electrons. The molecule has 1 aliphatic rings. The fourth-order valence-corrected chi connectivity index (χ4v) is 2.02. The average Bonchev–Trinajstić information content (AvgIpc) is 2.27. The Morgan fingerprint density at radius 3 is 2.69 bits per heavy atom. The Bertz CT molecular complexity index is 268. The summed E-state index contributed by atoms with van der Waals surface area (Å²) >= 11 is 0. The molecule has 1 heterocycles. The molecule has 2 N–H and O–H groups in total. The van der Waals surface area contributed by atoms with Gasteiger partial charge in [-0.25, -0.2) is 4.79 Å². The second kappa shape index (κ2) is 5.84. The molecule has 0 aromatic heterocycles. The minimum absolute atomic E-state index is 0.228. The van der Waals surface area contributed by atoms with Gasteiger partial charge in [0, 0.05) is 13.6 Å². The van der Waals surface area contributed by atoms with E-state index in [4.69, 9.17) is 0 Å². The first-order valence-corrected chi connectivity index (χ1v) is 5.81. The summed E-state index contributed by atoms with van der Waals surface area (Å²) in [4.78, 5) is 24.8. The van der Waals surface area contributed by atoms with Gasteiger partial charge in [0.15, 0.2) is 0 Å². The number of piperidine rings is 1. The lowest BCUT2D eigenvalue weighted by Crippen LogP contribution is -2.51. The number of hydrogen-bond acceptors (Lipinski definition) is 3. The zero-order chi connectivity index (χ0) is 12.1. The highest BCUT2D eigenvalue weighted by Crippen LogP contribution is 2.17. The van der Waals surface area contributed by atoms with Crippen molar-refractivity contribution < 1.29 is 9.59 Å². The maximum atomic E-state index is 11.7. The topological polar surface area (TPSA) is 61.4 Å². The Morgan fingerprint density at radius 1 is 1.44 bits per heavy atom. The molecular formula is C11H21N3O2. The molecule has 0 unspecified atom stereocenters. The lowest BCUT2D eigenvalue weighted by atomic mass is 9.99. The highest BCUT2D eigenvalue weighted by molar-refractivity contribution is 5.96. The molecule has 92 valence electrons. The zero-order valence-corrected chi connectivity index (χ0v) is 10.2. The van der Waals surface area contributed by atoms with Gasteiger partial charge in [0.2, 0.25) is 5.91 Å². The van der Waals surface area contributed by atoms with E-state index < -0.39 is 6.03 Å². The zero-order valence-electron chi connectivity index (χ0n) is 10.2. The number of urea groups is 1. The standard InChI is InChI=1S/C11H21N3O2/c1-8-5-4-6-14(7-8)9(2)10(15)13-11(16)12-3/h8-9H,4-7H2,1-3H3,(H2,12,13,15,16)/t8-,9+/m1/s1. The number of carbonyl (C=O) groups excluding carboxylic acids is 2. The van der Waals surface area contributed by atoms with Crippen molar-refractivity contribution in [2.75, 3.05) is 20.1 Å². The molecule has 1 aliphatic heterocycles. The first-order chi connectivity index (χ1) is 7.54. The van der Waals surface area contributed by atoms with E-state index in [1.54, 1.807) is 0 Å². The Hall–Kier alpha value is -1.10. The van der Waals surface area contributed by atoms with Crippen LogP contribution in [0.15, 0.2) is 0 Å². The maximum Gasteiger partial charge on any atom is 0.321 e. The fourth-order valence-electron chi connectivity index (χ4n) is 2.02. The van der Waals surface area contributed by atoms with Crippen LogP contribution in [-0.2, 0) is 4.79 Å². The van der Waals surface area contributed by atoms with Crippen molar-refractivity contribution in [3.63, 3.8) is 0 Å². The molecule has 5 heteroatoms.